The van der Waals surface area contributed by atoms with Crippen molar-refractivity contribution in [2.75, 3.05) is 26.6 Å². The molecule has 3 rings (SSSR count). The Bertz CT molecular complexity index is 896. The SMILES string of the molecule is CCCCCCOc1ccc([C@@H]2C(C(=O)OC)=C(C)N=C3SCCC(=O)N32)cc1OC. The molecule has 7 nitrogen and oxygen atoms in total. The molecule has 0 saturated carbocycles. The predicted octanol–water partition coefficient (Wildman–Crippen LogP) is 4.48. The summed E-state index contributed by atoms with van der Waals surface area (Å²) in [6.45, 7) is 4.56. The number of thioether (sulfide) groups is 1. The van der Waals surface area contributed by atoms with E-state index < -0.39 is 12.0 Å². The number of benzene rings is 1. The van der Waals surface area contributed by atoms with Crippen LogP contribution in [-0.4, -0.2) is 48.5 Å². The third-order valence-electron chi connectivity index (χ3n) is 5.37. The number of amides is 1. The van der Waals surface area contributed by atoms with Crippen LogP contribution in [0.15, 0.2) is 34.5 Å². The Kier molecular flexibility index (Phi) is 8.01. The van der Waals surface area contributed by atoms with Gasteiger partial charge in [-0.25, -0.2) is 9.79 Å². The van der Waals surface area contributed by atoms with E-state index >= 15 is 0 Å². The van der Waals surface area contributed by atoms with Crippen LogP contribution in [0.1, 0.15) is 57.6 Å². The lowest BCUT2D eigenvalue weighted by atomic mass is 9.94. The van der Waals surface area contributed by atoms with Crippen LogP contribution in [0.5, 0.6) is 11.5 Å². The van der Waals surface area contributed by atoms with Crippen molar-refractivity contribution in [1.82, 2.24) is 4.90 Å². The maximum absolute atomic E-state index is 12.8. The van der Waals surface area contributed by atoms with E-state index in [-0.39, 0.29) is 5.91 Å². The summed E-state index contributed by atoms with van der Waals surface area (Å²) in [4.78, 5) is 31.6. The highest BCUT2D eigenvalue weighted by Crippen LogP contribution is 2.42. The molecule has 1 saturated heterocycles. The number of fused-ring (bicyclic) bond motifs is 1. The number of carbonyl (C=O) groups excluding carboxylic acids is 2. The van der Waals surface area contributed by atoms with E-state index in [9.17, 15) is 9.59 Å². The summed E-state index contributed by atoms with van der Waals surface area (Å²) in [5.41, 5.74) is 1.66. The lowest BCUT2D eigenvalue weighted by molar-refractivity contribution is -0.137. The van der Waals surface area contributed by atoms with Crippen molar-refractivity contribution in [2.45, 2.75) is 52.0 Å². The zero-order valence-corrected chi connectivity index (χ0v) is 19.4. The van der Waals surface area contributed by atoms with Gasteiger partial charge in [-0.2, -0.15) is 0 Å². The molecule has 0 aliphatic carbocycles. The van der Waals surface area contributed by atoms with E-state index in [0.717, 1.165) is 18.4 Å². The number of rotatable bonds is 9. The molecule has 0 aromatic heterocycles. The molecule has 1 atom stereocenters. The third-order valence-corrected chi connectivity index (χ3v) is 6.33. The maximum Gasteiger partial charge on any atom is 0.338 e. The van der Waals surface area contributed by atoms with E-state index in [0.29, 0.717) is 46.7 Å². The van der Waals surface area contributed by atoms with Crippen LogP contribution in [0, 0.1) is 0 Å². The minimum Gasteiger partial charge on any atom is -0.493 e. The summed E-state index contributed by atoms with van der Waals surface area (Å²) in [5, 5.41) is 0.613. The number of carbonyl (C=O) groups is 2. The Morgan fingerprint density at radius 2 is 2.03 bits per heavy atom. The van der Waals surface area contributed by atoms with Crippen LogP contribution in [0.2, 0.25) is 0 Å². The van der Waals surface area contributed by atoms with Gasteiger partial charge in [-0.15, -0.1) is 0 Å². The number of allylic oxidation sites excluding steroid dienone is 1. The van der Waals surface area contributed by atoms with Crippen molar-refractivity contribution in [3.8, 4) is 11.5 Å². The van der Waals surface area contributed by atoms with Crippen LogP contribution in [-0.2, 0) is 14.3 Å². The van der Waals surface area contributed by atoms with Crippen LogP contribution >= 0.6 is 11.8 Å². The monoisotopic (exact) mass is 446 g/mol. The average molecular weight is 447 g/mol. The van der Waals surface area contributed by atoms with Crippen molar-refractivity contribution in [2.24, 2.45) is 4.99 Å². The smallest absolute Gasteiger partial charge is 0.338 e. The van der Waals surface area contributed by atoms with E-state index in [2.05, 4.69) is 11.9 Å². The van der Waals surface area contributed by atoms with Crippen molar-refractivity contribution in [3.05, 3.63) is 35.0 Å². The van der Waals surface area contributed by atoms with Crippen molar-refractivity contribution >= 4 is 28.8 Å². The average Bonchev–Trinajstić information content (AvgIpc) is 2.77. The topological polar surface area (TPSA) is 77.4 Å². The zero-order chi connectivity index (χ0) is 22.4. The van der Waals surface area contributed by atoms with Gasteiger partial charge in [-0.1, -0.05) is 44.0 Å². The molecule has 8 heteroatoms. The molecule has 2 heterocycles. The normalized spacial score (nSPS) is 18.5. The maximum atomic E-state index is 12.8. The minimum atomic E-state index is -0.618. The molecule has 0 spiro atoms. The predicted molar refractivity (Wildman–Crippen MR) is 121 cm³/mol. The summed E-state index contributed by atoms with van der Waals surface area (Å²) in [6, 6.07) is 4.93. The van der Waals surface area contributed by atoms with Crippen LogP contribution < -0.4 is 9.47 Å². The van der Waals surface area contributed by atoms with E-state index in [1.807, 2.05) is 18.2 Å². The molecule has 168 valence electrons. The number of nitrogens with zero attached hydrogens (tertiary/aromatic N) is 2. The molecule has 0 bridgehead atoms. The first-order valence-corrected chi connectivity index (χ1v) is 11.6. The minimum absolute atomic E-state index is 0.0633. The molecule has 1 aromatic carbocycles. The van der Waals surface area contributed by atoms with Gasteiger partial charge in [0.25, 0.3) is 0 Å². The fraction of sp³-hybridized carbons (Fsp3) is 0.522. The highest BCUT2D eigenvalue weighted by atomic mass is 32.2. The molecule has 2 aliphatic heterocycles. The van der Waals surface area contributed by atoms with E-state index in [1.165, 1.54) is 31.7 Å². The van der Waals surface area contributed by atoms with Gasteiger partial charge >= 0.3 is 5.97 Å². The molecule has 0 unspecified atom stereocenters. The molecular formula is C23H30N2O5S. The van der Waals surface area contributed by atoms with Gasteiger partial charge in [-0.3, -0.25) is 9.69 Å². The Balaban J connectivity index is 1.95. The number of esters is 1. The first-order chi connectivity index (χ1) is 15.0. The van der Waals surface area contributed by atoms with Crippen LogP contribution in [0.25, 0.3) is 0 Å². The highest BCUT2D eigenvalue weighted by molar-refractivity contribution is 8.14. The quantitative estimate of drug-likeness (QED) is 0.411. The van der Waals surface area contributed by atoms with Gasteiger partial charge in [0.05, 0.1) is 38.1 Å². The Morgan fingerprint density at radius 1 is 1.23 bits per heavy atom. The van der Waals surface area contributed by atoms with Crippen LogP contribution in [0.3, 0.4) is 0 Å². The fourth-order valence-electron chi connectivity index (χ4n) is 3.77. The number of unbranched alkanes of at least 4 members (excludes halogenated alkanes) is 3. The van der Waals surface area contributed by atoms with E-state index in [4.69, 9.17) is 14.2 Å². The lowest BCUT2D eigenvalue weighted by Crippen LogP contribution is -2.45. The van der Waals surface area contributed by atoms with E-state index in [1.54, 1.807) is 18.9 Å². The second-order valence-electron chi connectivity index (χ2n) is 7.47. The van der Waals surface area contributed by atoms with Gasteiger partial charge in [0.2, 0.25) is 5.91 Å². The first-order valence-electron chi connectivity index (χ1n) is 10.6. The molecule has 0 N–H and O–H groups in total. The van der Waals surface area contributed by atoms with Gasteiger partial charge in [0.1, 0.15) is 0 Å². The molecule has 1 aromatic rings. The summed E-state index contributed by atoms with van der Waals surface area (Å²) in [6.07, 6.45) is 4.86. The molecule has 1 fully saturated rings. The number of ether oxygens (including phenoxy) is 3. The standard InChI is InChI=1S/C23H30N2O5S/c1-5-6-7-8-12-30-17-10-9-16(14-18(17)28-3)21-20(22(27)29-4)15(2)24-23-25(21)19(26)11-13-31-23/h9-10,14,21H,5-8,11-13H2,1-4H3/t21-/m1/s1. The number of hydrogen-bond acceptors (Lipinski definition) is 7. The summed E-state index contributed by atoms with van der Waals surface area (Å²) >= 11 is 1.52. The van der Waals surface area contributed by atoms with Crippen molar-refractivity contribution in [3.63, 3.8) is 0 Å². The molecule has 1 amide bonds. The largest absolute Gasteiger partial charge is 0.493 e. The number of aliphatic imine (C=N–C) groups is 1. The molecule has 2 aliphatic rings. The second kappa shape index (κ2) is 10.7. The van der Waals surface area contributed by atoms with Gasteiger partial charge < -0.3 is 14.2 Å². The summed E-state index contributed by atoms with van der Waals surface area (Å²) < 4.78 is 16.5. The lowest BCUT2D eigenvalue weighted by Gasteiger charge is -2.38. The molecule has 0 radical (unpaired) electrons. The number of methoxy groups -OCH3 is 2. The Hall–Kier alpha value is -2.48. The fourth-order valence-corrected chi connectivity index (χ4v) is 4.77. The van der Waals surface area contributed by atoms with Gasteiger partial charge in [-0.05, 0) is 31.0 Å². The molecule has 31 heavy (non-hydrogen) atoms. The van der Waals surface area contributed by atoms with Crippen molar-refractivity contribution < 1.29 is 23.8 Å². The second-order valence-corrected chi connectivity index (χ2v) is 8.53. The zero-order valence-electron chi connectivity index (χ0n) is 18.6. The third kappa shape index (κ3) is 5.06. The van der Waals surface area contributed by atoms with Gasteiger partial charge in [0, 0.05) is 12.2 Å². The number of amidine groups is 1. The van der Waals surface area contributed by atoms with Crippen LogP contribution in [0.4, 0.5) is 0 Å². The summed E-state index contributed by atoms with van der Waals surface area (Å²) in [5.74, 6) is 1.33. The first kappa shape index (κ1) is 23.2. The van der Waals surface area contributed by atoms with Gasteiger partial charge in [0.15, 0.2) is 16.7 Å². The van der Waals surface area contributed by atoms with Crippen molar-refractivity contribution in [1.29, 1.82) is 0 Å². The summed E-state index contributed by atoms with van der Waals surface area (Å²) in [7, 11) is 2.92. The number of hydrogen-bond donors (Lipinski definition) is 0. The molecular weight excluding hydrogens is 416 g/mol. The Morgan fingerprint density at radius 3 is 2.74 bits per heavy atom. The highest BCUT2D eigenvalue weighted by Gasteiger charge is 2.41. The Labute approximate surface area is 187 Å².